The molecule has 0 radical (unpaired) electrons. The average molecular weight is 494 g/mol. The van der Waals surface area contributed by atoms with Crippen molar-refractivity contribution in [3.05, 3.63) is 53.1 Å². The van der Waals surface area contributed by atoms with E-state index in [1.54, 1.807) is 30.3 Å². The molecule has 1 aromatic carbocycles. The number of nitrogen functional groups attached to an aromatic ring is 1. The Kier molecular flexibility index (Phi) is 6.79. The zero-order chi connectivity index (χ0) is 24.5. The summed E-state index contributed by atoms with van der Waals surface area (Å²) in [6.07, 6.45) is 0.0243. The fourth-order valence-electron chi connectivity index (χ4n) is 4.00. The second kappa shape index (κ2) is 9.47. The first-order valence-electron chi connectivity index (χ1n) is 10.7. The molecule has 2 unspecified atom stereocenters. The molecule has 2 heterocycles. The number of anilines is 1. The summed E-state index contributed by atoms with van der Waals surface area (Å²) in [5.74, 6) is -0.335. The van der Waals surface area contributed by atoms with Crippen molar-refractivity contribution < 1.29 is 33.0 Å². The maximum absolute atomic E-state index is 13.5. The monoisotopic (exact) mass is 494 g/mol. The van der Waals surface area contributed by atoms with Gasteiger partial charge in [-0.05, 0) is 38.0 Å². The van der Waals surface area contributed by atoms with Gasteiger partial charge in [0, 0.05) is 11.6 Å². The number of hydrogen-bond donors (Lipinski definition) is 3. The van der Waals surface area contributed by atoms with E-state index in [4.69, 9.17) is 19.5 Å². The second-order valence-corrected chi connectivity index (χ2v) is 10.0. The Morgan fingerprint density at radius 2 is 2.09 bits per heavy atom. The number of aliphatic hydroxyl groups is 1. The number of rotatable bonds is 9. The highest BCUT2D eigenvalue weighted by atomic mass is 31.2. The molecule has 12 nitrogen and oxygen atoms in total. The molecular formula is C21H27N4O8P. The highest BCUT2D eigenvalue weighted by Crippen LogP contribution is 2.62. The molecule has 1 aromatic heterocycles. The Morgan fingerprint density at radius 1 is 1.38 bits per heavy atom. The number of methoxy groups -OCH3 is 1. The minimum absolute atomic E-state index is 0.0781. The van der Waals surface area contributed by atoms with Crippen molar-refractivity contribution in [2.45, 2.75) is 44.2 Å². The summed E-state index contributed by atoms with van der Waals surface area (Å²) in [6.45, 7) is 1.12. The van der Waals surface area contributed by atoms with Crippen molar-refractivity contribution in [1.29, 1.82) is 0 Å². The van der Waals surface area contributed by atoms with Crippen LogP contribution in [0.5, 0.6) is 5.75 Å². The summed E-state index contributed by atoms with van der Waals surface area (Å²) in [5.41, 5.74) is 4.29. The van der Waals surface area contributed by atoms with Crippen LogP contribution in [0.3, 0.4) is 0 Å². The van der Waals surface area contributed by atoms with Crippen LogP contribution in [-0.2, 0) is 23.4 Å². The molecule has 13 heteroatoms. The largest absolute Gasteiger partial charge is 0.468 e. The van der Waals surface area contributed by atoms with E-state index in [1.807, 2.05) is 0 Å². The normalized spacial score (nSPS) is 25.4. The molecule has 1 aliphatic heterocycles. The summed E-state index contributed by atoms with van der Waals surface area (Å²) in [5, 5.41) is 13.5. The molecule has 1 saturated heterocycles. The quantitative estimate of drug-likeness (QED) is 0.339. The van der Waals surface area contributed by atoms with E-state index < -0.39 is 49.3 Å². The number of nitrogens with one attached hydrogen (secondary N) is 1. The first-order valence-corrected chi connectivity index (χ1v) is 12.2. The van der Waals surface area contributed by atoms with E-state index >= 15 is 0 Å². The molecule has 0 bridgehead atoms. The highest BCUT2D eigenvalue weighted by Gasteiger charge is 2.64. The van der Waals surface area contributed by atoms with Crippen LogP contribution in [-0.4, -0.2) is 52.6 Å². The van der Waals surface area contributed by atoms with Crippen LogP contribution in [0.2, 0.25) is 0 Å². The first-order chi connectivity index (χ1) is 16.2. The molecule has 1 spiro atoms. The smallest absolute Gasteiger partial charge is 0.459 e. The Bertz CT molecular complexity index is 1140. The van der Waals surface area contributed by atoms with Crippen LogP contribution < -0.4 is 21.0 Å². The number of para-hydroxylation sites is 1. The lowest BCUT2D eigenvalue weighted by Crippen LogP contribution is -2.36. The molecule has 4 rings (SSSR count). The fourth-order valence-corrected chi connectivity index (χ4v) is 5.51. The highest BCUT2D eigenvalue weighted by molar-refractivity contribution is 7.52. The van der Waals surface area contributed by atoms with E-state index in [2.05, 4.69) is 14.8 Å². The standard InChI is InChI=1S/C21H27N4O8P/c1-13(18(27)30-2)24-34(29,33-14-6-4-3-5-7-14)31-12-15-17(26)21(9-10-21)19(32-15)25-11-8-16(22)23-20(25)28/h3-8,11,13,15,17,19,26H,9-10,12H2,1-2H3,(H,24,29)(H2,22,23,28)/t13?,15-,17-,19-,34?/m1/s1. The Morgan fingerprint density at radius 3 is 2.71 bits per heavy atom. The molecule has 2 fully saturated rings. The van der Waals surface area contributed by atoms with Gasteiger partial charge < -0.3 is 24.8 Å². The van der Waals surface area contributed by atoms with Gasteiger partial charge in [0.15, 0.2) is 0 Å². The zero-order valence-electron chi connectivity index (χ0n) is 18.7. The van der Waals surface area contributed by atoms with E-state index in [-0.39, 0.29) is 18.2 Å². The van der Waals surface area contributed by atoms with Gasteiger partial charge in [-0.25, -0.2) is 9.36 Å². The van der Waals surface area contributed by atoms with E-state index in [0.717, 1.165) is 0 Å². The number of ether oxygens (including phenoxy) is 2. The molecule has 4 N–H and O–H groups in total. The zero-order valence-corrected chi connectivity index (χ0v) is 19.6. The number of aromatic nitrogens is 2. The van der Waals surface area contributed by atoms with Gasteiger partial charge in [-0.1, -0.05) is 18.2 Å². The number of aliphatic hydroxyl groups excluding tert-OH is 1. The Labute approximate surface area is 195 Å². The topological polar surface area (TPSA) is 164 Å². The maximum Gasteiger partial charge on any atom is 0.459 e. The molecule has 0 amide bonds. The first kappa shape index (κ1) is 24.4. The molecule has 1 saturated carbocycles. The lowest BCUT2D eigenvalue weighted by atomic mass is 9.96. The van der Waals surface area contributed by atoms with E-state index in [9.17, 15) is 19.3 Å². The number of carbonyl (C=O) groups excluding carboxylic acids is 1. The third kappa shape index (κ3) is 4.86. The van der Waals surface area contributed by atoms with Crippen LogP contribution in [0.25, 0.3) is 0 Å². The number of carbonyl (C=O) groups is 1. The molecule has 5 atom stereocenters. The van der Waals surface area contributed by atoms with Crippen LogP contribution in [0.1, 0.15) is 26.0 Å². The number of nitrogens with zero attached hydrogens (tertiary/aromatic N) is 2. The van der Waals surface area contributed by atoms with Crippen LogP contribution in [0, 0.1) is 5.41 Å². The van der Waals surface area contributed by atoms with Crippen LogP contribution in [0.15, 0.2) is 47.4 Å². The lowest BCUT2D eigenvalue weighted by molar-refractivity contribution is -0.142. The van der Waals surface area contributed by atoms with Gasteiger partial charge in [-0.15, -0.1) is 0 Å². The van der Waals surface area contributed by atoms with Gasteiger partial charge in [0.25, 0.3) is 0 Å². The Balaban J connectivity index is 1.52. The molecule has 1 aliphatic carbocycles. The van der Waals surface area contributed by atoms with E-state index in [0.29, 0.717) is 12.8 Å². The lowest BCUT2D eigenvalue weighted by Gasteiger charge is -2.24. The number of nitrogens with two attached hydrogens (primary N) is 1. The molecule has 2 aromatic rings. The minimum atomic E-state index is -4.11. The number of hydrogen-bond acceptors (Lipinski definition) is 10. The number of esters is 1. The summed E-state index contributed by atoms with van der Waals surface area (Å²) in [7, 11) is -2.91. The van der Waals surface area contributed by atoms with Crippen molar-refractivity contribution in [1.82, 2.24) is 14.6 Å². The summed E-state index contributed by atoms with van der Waals surface area (Å²) >= 11 is 0. The van der Waals surface area contributed by atoms with Crippen molar-refractivity contribution in [3.8, 4) is 5.75 Å². The Hall–Kier alpha value is -2.76. The summed E-state index contributed by atoms with van der Waals surface area (Å²) < 4.78 is 36.6. The summed E-state index contributed by atoms with van der Waals surface area (Å²) in [4.78, 5) is 28.0. The number of benzene rings is 1. The van der Waals surface area contributed by atoms with Crippen LogP contribution in [0.4, 0.5) is 5.82 Å². The fraction of sp³-hybridized carbons (Fsp3) is 0.476. The average Bonchev–Trinajstić information content (AvgIpc) is 3.56. The van der Waals surface area contributed by atoms with Gasteiger partial charge in [0.1, 0.15) is 29.9 Å². The predicted molar refractivity (Wildman–Crippen MR) is 120 cm³/mol. The molecule has 184 valence electrons. The maximum atomic E-state index is 13.5. The van der Waals surface area contributed by atoms with Gasteiger partial charge in [0.05, 0.1) is 19.8 Å². The second-order valence-electron chi connectivity index (χ2n) is 8.32. The van der Waals surface area contributed by atoms with Crippen molar-refractivity contribution >= 4 is 19.5 Å². The molecule has 34 heavy (non-hydrogen) atoms. The predicted octanol–water partition coefficient (Wildman–Crippen LogP) is 1.22. The third-order valence-electron chi connectivity index (χ3n) is 5.95. The third-order valence-corrected chi connectivity index (χ3v) is 7.60. The van der Waals surface area contributed by atoms with Gasteiger partial charge in [-0.2, -0.15) is 10.1 Å². The van der Waals surface area contributed by atoms with Gasteiger partial charge >= 0.3 is 19.4 Å². The SMILES string of the molecule is COC(=O)C(C)NP(=O)(OC[C@H]1O[C@@H](n2ccc(N)nc2=O)C2(CC2)[C@@H]1O)Oc1ccccc1. The van der Waals surface area contributed by atoms with Crippen molar-refractivity contribution in [2.75, 3.05) is 19.5 Å². The van der Waals surface area contributed by atoms with Gasteiger partial charge in [0.2, 0.25) is 0 Å². The van der Waals surface area contributed by atoms with Gasteiger partial charge in [-0.3, -0.25) is 13.9 Å². The minimum Gasteiger partial charge on any atom is -0.468 e. The van der Waals surface area contributed by atoms with E-state index in [1.165, 1.54) is 30.9 Å². The van der Waals surface area contributed by atoms with Crippen molar-refractivity contribution in [3.63, 3.8) is 0 Å². The summed E-state index contributed by atoms with van der Waals surface area (Å²) in [6, 6.07) is 8.76. The van der Waals surface area contributed by atoms with Crippen molar-refractivity contribution in [2.24, 2.45) is 5.41 Å². The molecule has 2 aliphatic rings. The molecular weight excluding hydrogens is 467 g/mol. The van der Waals surface area contributed by atoms with Crippen LogP contribution >= 0.6 is 7.75 Å².